The molecule has 0 aromatic heterocycles. The van der Waals surface area contributed by atoms with Crippen molar-refractivity contribution in [3.63, 3.8) is 0 Å². The molecule has 2 rings (SSSR count). The fourth-order valence-corrected chi connectivity index (χ4v) is 2.86. The van der Waals surface area contributed by atoms with Crippen LogP contribution in [0.2, 0.25) is 0 Å². The molecule has 1 heterocycles. The minimum atomic E-state index is -4.64. The Morgan fingerprint density at radius 2 is 1.95 bits per heavy atom. The van der Waals surface area contributed by atoms with Crippen molar-refractivity contribution in [2.24, 2.45) is 5.92 Å². The molecule has 0 amide bonds. The molecule has 1 aromatic rings. The number of hydrogen-bond donors (Lipinski definition) is 1. The van der Waals surface area contributed by atoms with Crippen LogP contribution in [0.4, 0.5) is 17.6 Å². The van der Waals surface area contributed by atoms with E-state index in [4.69, 9.17) is 0 Å². The van der Waals surface area contributed by atoms with Gasteiger partial charge in [0, 0.05) is 5.54 Å². The Hall–Kier alpha value is -1.10. The number of halogens is 4. The highest BCUT2D eigenvalue weighted by Gasteiger charge is 2.40. The zero-order chi connectivity index (χ0) is 14.3. The Bertz CT molecular complexity index is 459. The summed E-state index contributed by atoms with van der Waals surface area (Å²) in [5, 5.41) is 3.32. The van der Waals surface area contributed by atoms with Gasteiger partial charge in [-0.1, -0.05) is 19.9 Å². The van der Waals surface area contributed by atoms with Gasteiger partial charge in [0.25, 0.3) is 0 Å². The van der Waals surface area contributed by atoms with Gasteiger partial charge in [0.2, 0.25) is 0 Å². The first kappa shape index (κ1) is 14.3. The van der Waals surface area contributed by atoms with E-state index in [1.54, 1.807) is 0 Å². The van der Waals surface area contributed by atoms with Crippen LogP contribution < -0.4 is 5.32 Å². The molecule has 106 valence electrons. The number of alkyl halides is 3. The van der Waals surface area contributed by atoms with Crippen molar-refractivity contribution in [1.82, 2.24) is 5.32 Å². The van der Waals surface area contributed by atoms with E-state index in [-0.39, 0.29) is 5.92 Å². The van der Waals surface area contributed by atoms with Crippen LogP contribution in [-0.4, -0.2) is 6.54 Å². The summed E-state index contributed by atoms with van der Waals surface area (Å²) in [5.41, 5.74) is -1.01. The summed E-state index contributed by atoms with van der Waals surface area (Å²) in [6.45, 7) is 4.79. The predicted molar refractivity (Wildman–Crippen MR) is 65.2 cm³/mol. The molecule has 0 saturated carbocycles. The molecule has 1 N–H and O–H groups in total. The van der Waals surface area contributed by atoms with Gasteiger partial charge in [-0.15, -0.1) is 0 Å². The second-order valence-electron chi connectivity index (χ2n) is 5.35. The molecule has 0 spiro atoms. The average molecular weight is 275 g/mol. The summed E-state index contributed by atoms with van der Waals surface area (Å²) >= 11 is 0. The lowest BCUT2D eigenvalue weighted by molar-refractivity contribution is -0.140. The van der Waals surface area contributed by atoms with E-state index in [0.29, 0.717) is 5.56 Å². The fourth-order valence-electron chi connectivity index (χ4n) is 2.86. The molecule has 0 aliphatic carbocycles. The van der Waals surface area contributed by atoms with Gasteiger partial charge in [-0.2, -0.15) is 13.2 Å². The maximum absolute atomic E-state index is 13.7. The minimum absolute atomic E-state index is 0.186. The third-order valence-electron chi connectivity index (χ3n) is 3.96. The van der Waals surface area contributed by atoms with Crippen molar-refractivity contribution in [2.75, 3.05) is 6.54 Å². The zero-order valence-corrected chi connectivity index (χ0v) is 10.9. The fraction of sp³-hybridized carbons (Fsp3) is 0.571. The summed E-state index contributed by atoms with van der Waals surface area (Å²) in [6, 6.07) is 3.26. The van der Waals surface area contributed by atoms with Crippen molar-refractivity contribution in [3.05, 3.63) is 35.1 Å². The Labute approximate surface area is 110 Å². The Morgan fingerprint density at radius 3 is 2.37 bits per heavy atom. The van der Waals surface area contributed by atoms with Gasteiger partial charge in [-0.25, -0.2) is 4.39 Å². The van der Waals surface area contributed by atoms with E-state index in [2.05, 4.69) is 5.32 Å². The second kappa shape index (κ2) is 4.78. The smallest absolute Gasteiger partial charge is 0.307 e. The van der Waals surface area contributed by atoms with E-state index in [1.807, 2.05) is 13.8 Å². The van der Waals surface area contributed by atoms with E-state index in [1.165, 1.54) is 6.07 Å². The first-order valence-electron chi connectivity index (χ1n) is 6.39. The van der Waals surface area contributed by atoms with Gasteiger partial charge >= 0.3 is 6.18 Å². The molecular formula is C14H17F4N. The Morgan fingerprint density at radius 1 is 1.26 bits per heavy atom. The van der Waals surface area contributed by atoms with Crippen LogP contribution >= 0.6 is 0 Å². The molecule has 0 radical (unpaired) electrons. The van der Waals surface area contributed by atoms with Crippen LogP contribution in [0.25, 0.3) is 0 Å². The summed E-state index contributed by atoms with van der Waals surface area (Å²) in [6.07, 6.45) is -2.88. The Balaban J connectivity index is 2.44. The zero-order valence-electron chi connectivity index (χ0n) is 10.9. The summed E-state index contributed by atoms with van der Waals surface area (Å²) in [5.74, 6) is -1.01. The largest absolute Gasteiger partial charge is 0.419 e. The lowest BCUT2D eigenvalue weighted by Gasteiger charge is -2.35. The monoisotopic (exact) mass is 275 g/mol. The van der Waals surface area contributed by atoms with Gasteiger partial charge < -0.3 is 5.32 Å². The van der Waals surface area contributed by atoms with Gasteiger partial charge in [-0.05, 0) is 43.0 Å². The highest BCUT2D eigenvalue weighted by Crippen LogP contribution is 2.40. The van der Waals surface area contributed by atoms with Crippen LogP contribution in [0.15, 0.2) is 18.2 Å². The SMILES string of the molecule is CC(C)C1(c2ccc(C(F)(F)F)c(F)c2)CCCN1. The Kier molecular flexibility index (Phi) is 3.60. The third kappa shape index (κ3) is 2.48. The molecule has 19 heavy (non-hydrogen) atoms. The van der Waals surface area contributed by atoms with Gasteiger partial charge in [-0.3, -0.25) is 0 Å². The van der Waals surface area contributed by atoms with Gasteiger partial charge in [0.05, 0.1) is 5.56 Å². The molecule has 1 aliphatic heterocycles. The lowest BCUT2D eigenvalue weighted by Crippen LogP contribution is -2.41. The standard InChI is InChI=1S/C14H17F4N/c1-9(2)13(6-3-7-19-13)10-4-5-11(12(15)8-10)14(16,17)18/h4-5,8-9,19H,3,6-7H2,1-2H3. The second-order valence-corrected chi connectivity index (χ2v) is 5.35. The predicted octanol–water partition coefficient (Wildman–Crippen LogP) is 4.08. The van der Waals surface area contributed by atoms with Gasteiger partial charge in [0.15, 0.2) is 0 Å². The highest BCUT2D eigenvalue weighted by atomic mass is 19.4. The first-order chi connectivity index (χ1) is 8.77. The van der Waals surface area contributed by atoms with Crippen LogP contribution in [0, 0.1) is 11.7 Å². The third-order valence-corrected chi connectivity index (χ3v) is 3.96. The maximum atomic E-state index is 13.7. The molecule has 1 aliphatic rings. The van der Waals surface area contributed by atoms with E-state index < -0.39 is 23.1 Å². The van der Waals surface area contributed by atoms with Crippen LogP contribution in [0.3, 0.4) is 0 Å². The highest BCUT2D eigenvalue weighted by molar-refractivity contribution is 5.32. The summed E-state index contributed by atoms with van der Waals surface area (Å²) in [4.78, 5) is 0. The number of hydrogen-bond acceptors (Lipinski definition) is 1. The topological polar surface area (TPSA) is 12.0 Å². The number of rotatable bonds is 2. The minimum Gasteiger partial charge on any atom is -0.307 e. The molecule has 0 bridgehead atoms. The molecule has 1 atom stereocenters. The van der Waals surface area contributed by atoms with Crippen LogP contribution in [-0.2, 0) is 11.7 Å². The molecule has 1 aromatic carbocycles. The normalized spacial score (nSPS) is 24.2. The molecule has 1 saturated heterocycles. The van der Waals surface area contributed by atoms with Crippen LogP contribution in [0.1, 0.15) is 37.8 Å². The van der Waals surface area contributed by atoms with Crippen molar-refractivity contribution < 1.29 is 17.6 Å². The molecule has 5 heteroatoms. The molecule has 1 nitrogen and oxygen atoms in total. The average Bonchev–Trinajstić information content (AvgIpc) is 2.77. The van der Waals surface area contributed by atoms with E-state index in [0.717, 1.165) is 31.5 Å². The molecule has 1 fully saturated rings. The van der Waals surface area contributed by atoms with E-state index >= 15 is 0 Å². The van der Waals surface area contributed by atoms with Crippen molar-refractivity contribution in [2.45, 2.75) is 38.4 Å². The summed E-state index contributed by atoms with van der Waals surface area (Å²) in [7, 11) is 0. The summed E-state index contributed by atoms with van der Waals surface area (Å²) < 4.78 is 51.4. The molecule has 1 unspecified atom stereocenters. The van der Waals surface area contributed by atoms with Crippen molar-refractivity contribution in [1.29, 1.82) is 0 Å². The maximum Gasteiger partial charge on any atom is 0.419 e. The quantitative estimate of drug-likeness (QED) is 0.802. The van der Waals surface area contributed by atoms with Gasteiger partial charge in [0.1, 0.15) is 5.82 Å². The van der Waals surface area contributed by atoms with E-state index in [9.17, 15) is 17.6 Å². The van der Waals surface area contributed by atoms with Crippen molar-refractivity contribution in [3.8, 4) is 0 Å². The van der Waals surface area contributed by atoms with Crippen molar-refractivity contribution >= 4 is 0 Å². The van der Waals surface area contributed by atoms with Crippen LogP contribution in [0.5, 0.6) is 0 Å². The number of benzene rings is 1. The molecular weight excluding hydrogens is 258 g/mol. The first-order valence-corrected chi connectivity index (χ1v) is 6.39. The lowest BCUT2D eigenvalue weighted by atomic mass is 9.78. The number of nitrogens with one attached hydrogen (secondary N) is 1.